The maximum Gasteiger partial charge on any atom is 0.246 e. The number of hydrogen-bond donors (Lipinski definition) is 0. The fraction of sp³-hybridized carbons (Fsp3) is 0.304. The van der Waals surface area contributed by atoms with Crippen molar-refractivity contribution < 1.29 is 14.3 Å². The Kier molecular flexibility index (Phi) is 6.00. The van der Waals surface area contributed by atoms with Gasteiger partial charge in [0.25, 0.3) is 0 Å². The summed E-state index contributed by atoms with van der Waals surface area (Å²) in [7, 11) is 1.63. The van der Waals surface area contributed by atoms with Crippen molar-refractivity contribution in [2.75, 3.05) is 13.7 Å². The topological polar surface area (TPSA) is 62.6 Å². The second-order valence-corrected chi connectivity index (χ2v) is 6.91. The van der Waals surface area contributed by atoms with Crippen LogP contribution >= 0.6 is 0 Å². The van der Waals surface area contributed by atoms with Crippen molar-refractivity contribution in [2.45, 2.75) is 31.9 Å². The van der Waals surface area contributed by atoms with Gasteiger partial charge in [0.1, 0.15) is 17.6 Å². The molecule has 0 saturated carbocycles. The number of amides is 1. The van der Waals surface area contributed by atoms with Crippen molar-refractivity contribution in [3.8, 4) is 28.7 Å². The van der Waals surface area contributed by atoms with Gasteiger partial charge in [-0.2, -0.15) is 5.26 Å². The van der Waals surface area contributed by atoms with Crippen LogP contribution in [0.5, 0.6) is 11.5 Å². The number of para-hydroxylation sites is 1. The van der Waals surface area contributed by atoms with Crippen molar-refractivity contribution in [1.29, 1.82) is 5.26 Å². The lowest BCUT2D eigenvalue weighted by Crippen LogP contribution is -2.46. The van der Waals surface area contributed by atoms with Gasteiger partial charge >= 0.3 is 0 Å². The van der Waals surface area contributed by atoms with Crippen LogP contribution in [0.3, 0.4) is 0 Å². The molecule has 1 saturated heterocycles. The number of methoxy groups -OCH3 is 1. The molecule has 1 fully saturated rings. The number of benzene rings is 2. The summed E-state index contributed by atoms with van der Waals surface area (Å²) in [4.78, 5) is 13.7. The number of nitrogens with zero attached hydrogens (tertiary/aromatic N) is 2. The fourth-order valence-electron chi connectivity index (χ4n) is 3.64. The molecule has 3 rings (SSSR count). The van der Waals surface area contributed by atoms with Gasteiger partial charge in [0.2, 0.25) is 5.91 Å². The second kappa shape index (κ2) is 8.62. The molecule has 1 aliphatic heterocycles. The molecule has 5 heteroatoms. The van der Waals surface area contributed by atoms with Crippen LogP contribution in [0.25, 0.3) is 11.1 Å². The summed E-state index contributed by atoms with van der Waals surface area (Å²) >= 11 is 0. The normalized spacial score (nSPS) is 18.8. The summed E-state index contributed by atoms with van der Waals surface area (Å²) in [5.74, 6) is 1.35. The number of nitriles is 1. The standard InChI is InChI=1S/C23H24N2O3/c1-4-23(26)25-10-9-19(11-16(25)2)28-20-13-17(15-24)12-18(14-20)21-7-5-6-8-22(21)27-3/h4-8,12-14,16,19H,1,9-11H2,2-3H3/t16-,19-/m1/s1. The summed E-state index contributed by atoms with van der Waals surface area (Å²) in [5.41, 5.74) is 2.32. The molecule has 1 aliphatic rings. The first-order valence-corrected chi connectivity index (χ1v) is 9.34. The molecule has 1 heterocycles. The molecule has 0 radical (unpaired) electrons. The maximum atomic E-state index is 11.9. The number of likely N-dealkylation sites (tertiary alicyclic amines) is 1. The minimum atomic E-state index is -0.0455. The van der Waals surface area contributed by atoms with Crippen molar-refractivity contribution >= 4 is 5.91 Å². The van der Waals surface area contributed by atoms with Crippen LogP contribution in [0, 0.1) is 11.3 Å². The number of carbonyl (C=O) groups is 1. The van der Waals surface area contributed by atoms with E-state index in [4.69, 9.17) is 9.47 Å². The molecular weight excluding hydrogens is 352 g/mol. The number of hydrogen-bond acceptors (Lipinski definition) is 4. The third-order valence-corrected chi connectivity index (χ3v) is 5.04. The first-order chi connectivity index (χ1) is 13.5. The van der Waals surface area contributed by atoms with Crippen LogP contribution < -0.4 is 9.47 Å². The van der Waals surface area contributed by atoms with Gasteiger partial charge in [0.15, 0.2) is 0 Å². The molecule has 2 aromatic carbocycles. The van der Waals surface area contributed by atoms with Gasteiger partial charge in [-0.15, -0.1) is 0 Å². The highest BCUT2D eigenvalue weighted by Crippen LogP contribution is 2.34. The highest BCUT2D eigenvalue weighted by Gasteiger charge is 2.28. The fourth-order valence-corrected chi connectivity index (χ4v) is 3.64. The van der Waals surface area contributed by atoms with E-state index in [0.717, 1.165) is 29.7 Å². The van der Waals surface area contributed by atoms with Gasteiger partial charge in [0, 0.05) is 31.0 Å². The average Bonchev–Trinajstić information content (AvgIpc) is 2.73. The van der Waals surface area contributed by atoms with E-state index in [1.807, 2.05) is 48.2 Å². The summed E-state index contributed by atoms with van der Waals surface area (Å²) < 4.78 is 11.7. The van der Waals surface area contributed by atoms with E-state index in [9.17, 15) is 10.1 Å². The van der Waals surface area contributed by atoms with Crippen LogP contribution in [0.2, 0.25) is 0 Å². The minimum absolute atomic E-state index is 0.0108. The number of piperidine rings is 1. The van der Waals surface area contributed by atoms with E-state index in [0.29, 0.717) is 17.9 Å². The van der Waals surface area contributed by atoms with Crippen LogP contribution in [-0.2, 0) is 4.79 Å². The Morgan fingerprint density at radius 3 is 2.79 bits per heavy atom. The lowest BCUT2D eigenvalue weighted by Gasteiger charge is -2.37. The highest BCUT2D eigenvalue weighted by atomic mass is 16.5. The second-order valence-electron chi connectivity index (χ2n) is 6.91. The Morgan fingerprint density at radius 1 is 1.32 bits per heavy atom. The molecule has 0 aliphatic carbocycles. The first kappa shape index (κ1) is 19.5. The van der Waals surface area contributed by atoms with E-state index >= 15 is 0 Å². The van der Waals surface area contributed by atoms with Crippen LogP contribution in [-0.4, -0.2) is 36.6 Å². The van der Waals surface area contributed by atoms with Crippen molar-refractivity contribution in [1.82, 2.24) is 4.90 Å². The zero-order valence-corrected chi connectivity index (χ0v) is 16.2. The van der Waals surface area contributed by atoms with E-state index < -0.39 is 0 Å². The molecule has 2 aromatic rings. The lowest BCUT2D eigenvalue weighted by molar-refractivity contribution is -0.130. The third-order valence-electron chi connectivity index (χ3n) is 5.04. The quantitative estimate of drug-likeness (QED) is 0.735. The van der Waals surface area contributed by atoms with E-state index in [2.05, 4.69) is 12.6 Å². The molecule has 0 spiro atoms. The van der Waals surface area contributed by atoms with Gasteiger partial charge in [-0.05, 0) is 42.8 Å². The maximum absolute atomic E-state index is 11.9. The van der Waals surface area contributed by atoms with E-state index in [1.54, 1.807) is 13.2 Å². The predicted molar refractivity (Wildman–Crippen MR) is 108 cm³/mol. The molecule has 2 atom stereocenters. The first-order valence-electron chi connectivity index (χ1n) is 9.34. The van der Waals surface area contributed by atoms with Gasteiger partial charge in [-0.1, -0.05) is 24.8 Å². The van der Waals surface area contributed by atoms with Crippen molar-refractivity contribution in [2.24, 2.45) is 0 Å². The SMILES string of the molecule is C=CC(=O)N1CC[C@@H](Oc2cc(C#N)cc(-c3ccccc3OC)c2)C[C@H]1C. The molecule has 0 bridgehead atoms. The summed E-state index contributed by atoms with van der Waals surface area (Å²) in [6.07, 6.45) is 2.82. The van der Waals surface area contributed by atoms with Crippen LogP contribution in [0.15, 0.2) is 55.1 Å². The molecule has 5 nitrogen and oxygen atoms in total. The monoisotopic (exact) mass is 376 g/mol. The summed E-state index contributed by atoms with van der Waals surface area (Å²) in [6, 6.07) is 15.5. The number of ether oxygens (including phenoxy) is 2. The Morgan fingerprint density at radius 2 is 2.11 bits per heavy atom. The highest BCUT2D eigenvalue weighted by molar-refractivity contribution is 5.87. The van der Waals surface area contributed by atoms with Gasteiger partial charge < -0.3 is 14.4 Å². The molecule has 0 aromatic heterocycles. The van der Waals surface area contributed by atoms with E-state index in [1.165, 1.54) is 6.08 Å². The number of rotatable bonds is 5. The Labute approximate surface area is 165 Å². The Balaban J connectivity index is 1.83. The number of carbonyl (C=O) groups excluding carboxylic acids is 1. The Bertz CT molecular complexity index is 916. The molecular formula is C23H24N2O3. The minimum Gasteiger partial charge on any atom is -0.496 e. The molecule has 144 valence electrons. The third kappa shape index (κ3) is 4.17. The average molecular weight is 376 g/mol. The smallest absolute Gasteiger partial charge is 0.246 e. The van der Waals surface area contributed by atoms with Crippen molar-refractivity contribution in [3.05, 3.63) is 60.7 Å². The van der Waals surface area contributed by atoms with Gasteiger partial charge in [-0.3, -0.25) is 4.79 Å². The predicted octanol–water partition coefficient (Wildman–Crippen LogP) is 4.18. The summed E-state index contributed by atoms with van der Waals surface area (Å²) in [5, 5.41) is 9.44. The summed E-state index contributed by atoms with van der Waals surface area (Å²) in [6.45, 7) is 6.22. The molecule has 0 unspecified atom stereocenters. The molecule has 28 heavy (non-hydrogen) atoms. The molecule has 0 N–H and O–H groups in total. The largest absolute Gasteiger partial charge is 0.496 e. The van der Waals surface area contributed by atoms with Gasteiger partial charge in [-0.25, -0.2) is 0 Å². The van der Waals surface area contributed by atoms with Crippen LogP contribution in [0.4, 0.5) is 0 Å². The molecule has 1 amide bonds. The Hall–Kier alpha value is -3.26. The van der Waals surface area contributed by atoms with Crippen LogP contribution in [0.1, 0.15) is 25.3 Å². The van der Waals surface area contributed by atoms with Gasteiger partial charge in [0.05, 0.1) is 18.7 Å². The lowest BCUT2D eigenvalue weighted by atomic mass is 9.99. The zero-order chi connectivity index (χ0) is 20.1. The van der Waals surface area contributed by atoms with Crippen molar-refractivity contribution in [3.63, 3.8) is 0 Å². The van der Waals surface area contributed by atoms with E-state index in [-0.39, 0.29) is 18.1 Å². The zero-order valence-electron chi connectivity index (χ0n) is 16.2.